The first kappa shape index (κ1) is 21.3. The maximum absolute atomic E-state index is 13.1. The lowest BCUT2D eigenvalue weighted by Crippen LogP contribution is -2.57. The summed E-state index contributed by atoms with van der Waals surface area (Å²) in [5.41, 5.74) is -0.251. The van der Waals surface area contributed by atoms with Crippen LogP contribution in [0.15, 0.2) is 23.8 Å². The second-order valence-electron chi connectivity index (χ2n) is 10.2. The number of allylic oxidation sites excluding steroid dienone is 4. The van der Waals surface area contributed by atoms with E-state index in [9.17, 15) is 14.4 Å². The summed E-state index contributed by atoms with van der Waals surface area (Å²) in [4.78, 5) is 37.5. The van der Waals surface area contributed by atoms with Crippen LogP contribution in [0.4, 0.5) is 4.79 Å². The van der Waals surface area contributed by atoms with Gasteiger partial charge in [-0.15, -0.1) is 0 Å². The third kappa shape index (κ3) is 2.91. The summed E-state index contributed by atoms with van der Waals surface area (Å²) in [6.07, 6.45) is 10.9. The van der Waals surface area contributed by atoms with E-state index in [2.05, 4.69) is 26.1 Å². The van der Waals surface area contributed by atoms with Gasteiger partial charge in [0, 0.05) is 29.4 Å². The summed E-state index contributed by atoms with van der Waals surface area (Å²) in [7, 11) is 0. The van der Waals surface area contributed by atoms with Crippen molar-refractivity contribution in [2.45, 2.75) is 78.2 Å². The molecule has 4 aliphatic carbocycles. The molecule has 0 heterocycles. The van der Waals surface area contributed by atoms with Gasteiger partial charge in [-0.2, -0.15) is 0 Å². The number of alkyl carbamates (subject to hydrolysis) is 1. The molecule has 0 spiro atoms. The van der Waals surface area contributed by atoms with E-state index in [4.69, 9.17) is 4.74 Å². The number of fused-ring (bicyclic) bond motifs is 5. The van der Waals surface area contributed by atoms with Gasteiger partial charge >= 0.3 is 6.09 Å². The van der Waals surface area contributed by atoms with Crippen LogP contribution in [0.3, 0.4) is 0 Å². The van der Waals surface area contributed by atoms with Gasteiger partial charge in [0.2, 0.25) is 0 Å². The third-order valence-electron chi connectivity index (χ3n) is 9.06. The highest BCUT2D eigenvalue weighted by atomic mass is 16.6. The lowest BCUT2D eigenvalue weighted by Gasteiger charge is -2.58. The molecular weight excluding hydrogens is 378 g/mol. The highest BCUT2D eigenvalue weighted by Gasteiger charge is 2.66. The van der Waals surface area contributed by atoms with Crippen molar-refractivity contribution in [2.24, 2.45) is 28.6 Å². The Morgan fingerprint density at radius 1 is 1.17 bits per heavy atom. The lowest BCUT2D eigenvalue weighted by molar-refractivity contribution is -0.139. The van der Waals surface area contributed by atoms with Crippen LogP contribution in [0.1, 0.15) is 72.6 Å². The van der Waals surface area contributed by atoms with Gasteiger partial charge in [0.05, 0.1) is 0 Å². The van der Waals surface area contributed by atoms with E-state index in [1.807, 2.05) is 13.0 Å². The minimum atomic E-state index is -0.473. The molecule has 0 saturated heterocycles. The quantitative estimate of drug-likeness (QED) is 0.721. The minimum Gasteiger partial charge on any atom is -0.442 e. The van der Waals surface area contributed by atoms with Gasteiger partial charge in [0.1, 0.15) is 5.60 Å². The Balaban J connectivity index is 1.64. The van der Waals surface area contributed by atoms with E-state index in [1.54, 1.807) is 12.2 Å². The summed E-state index contributed by atoms with van der Waals surface area (Å²) in [6.45, 7) is 9.19. The van der Waals surface area contributed by atoms with Crippen LogP contribution >= 0.6 is 0 Å². The molecule has 1 amide bonds. The number of ketones is 2. The molecule has 5 nitrogen and oxygen atoms in total. The third-order valence-corrected chi connectivity index (χ3v) is 9.06. The molecule has 3 unspecified atom stereocenters. The molecule has 0 bridgehead atoms. The highest BCUT2D eigenvalue weighted by Crippen LogP contribution is 2.67. The zero-order chi connectivity index (χ0) is 21.7. The average Bonchev–Trinajstić information content (AvgIpc) is 3.00. The van der Waals surface area contributed by atoms with Crippen LogP contribution in [-0.2, 0) is 14.3 Å². The van der Waals surface area contributed by atoms with Crippen molar-refractivity contribution in [2.75, 3.05) is 6.54 Å². The molecule has 164 valence electrons. The molecule has 3 fully saturated rings. The van der Waals surface area contributed by atoms with Crippen molar-refractivity contribution >= 4 is 17.7 Å². The van der Waals surface area contributed by atoms with Crippen molar-refractivity contribution in [3.8, 4) is 0 Å². The summed E-state index contributed by atoms with van der Waals surface area (Å²) in [5, 5.41) is 2.88. The Kier molecular flexibility index (Phi) is 5.22. The van der Waals surface area contributed by atoms with E-state index in [0.717, 1.165) is 38.5 Å². The Hall–Kier alpha value is -1.91. The van der Waals surface area contributed by atoms with Crippen molar-refractivity contribution in [3.63, 3.8) is 0 Å². The zero-order valence-electron chi connectivity index (χ0n) is 18.8. The molecule has 30 heavy (non-hydrogen) atoms. The average molecular weight is 414 g/mol. The summed E-state index contributed by atoms with van der Waals surface area (Å²) in [6, 6.07) is 0. The largest absolute Gasteiger partial charge is 0.442 e. The van der Waals surface area contributed by atoms with Gasteiger partial charge in [0.15, 0.2) is 11.6 Å². The fraction of sp³-hybridized carbons (Fsp3) is 0.720. The molecule has 6 atom stereocenters. The standard InChI is InChI=1S/C25H35NO4/c1-5-13-26-22(29)30-25(6-2)12-9-19-17-15-21(28)20-14-16(27)7-10-23(20,3)18(17)8-11-24(19,25)4/h7,10,14,17-19H,5-6,8-9,11-13,15H2,1-4H3,(H,26,29)/t17?,18?,19?,23-,24+,25+/m1/s1. The van der Waals surface area contributed by atoms with E-state index in [1.165, 1.54) is 0 Å². The first-order valence-corrected chi connectivity index (χ1v) is 11.7. The Labute approximate surface area is 179 Å². The van der Waals surface area contributed by atoms with Crippen molar-refractivity contribution in [1.82, 2.24) is 5.32 Å². The Morgan fingerprint density at radius 3 is 2.60 bits per heavy atom. The SMILES string of the molecule is CCCNC(=O)O[C@@]1(CC)CCC2C3CC(=O)C4=CC(=O)C=C[C@]4(C)C3CC[C@@]21C. The number of carbonyl (C=O) groups is 3. The number of Topliss-reactive ketones (excluding diaryl/α,β-unsaturated/α-hetero) is 1. The summed E-state index contributed by atoms with van der Waals surface area (Å²) in [5.74, 6) is 1.02. The van der Waals surface area contributed by atoms with Crippen LogP contribution < -0.4 is 5.32 Å². The van der Waals surface area contributed by atoms with Gasteiger partial charge in [-0.05, 0) is 68.4 Å². The topological polar surface area (TPSA) is 72.5 Å². The summed E-state index contributed by atoms with van der Waals surface area (Å²) < 4.78 is 6.17. The fourth-order valence-corrected chi connectivity index (χ4v) is 7.39. The number of carbonyl (C=O) groups excluding carboxylic acids is 3. The first-order valence-electron chi connectivity index (χ1n) is 11.7. The predicted molar refractivity (Wildman–Crippen MR) is 115 cm³/mol. The molecule has 4 rings (SSSR count). The van der Waals surface area contributed by atoms with E-state index < -0.39 is 5.60 Å². The second-order valence-corrected chi connectivity index (χ2v) is 10.2. The van der Waals surface area contributed by atoms with Crippen molar-refractivity contribution in [1.29, 1.82) is 0 Å². The number of rotatable bonds is 4. The number of amides is 1. The lowest BCUT2D eigenvalue weighted by atomic mass is 9.47. The number of ether oxygens (including phenoxy) is 1. The maximum atomic E-state index is 13.1. The fourth-order valence-electron chi connectivity index (χ4n) is 7.39. The van der Waals surface area contributed by atoms with Gasteiger partial charge in [-0.1, -0.05) is 33.8 Å². The molecule has 1 N–H and O–H groups in total. The molecule has 5 heteroatoms. The van der Waals surface area contributed by atoms with Gasteiger partial charge < -0.3 is 10.1 Å². The van der Waals surface area contributed by atoms with Crippen LogP contribution in [0.25, 0.3) is 0 Å². The van der Waals surface area contributed by atoms with E-state index in [0.29, 0.717) is 30.4 Å². The Bertz CT molecular complexity index is 829. The number of nitrogens with one attached hydrogen (secondary N) is 1. The molecule has 0 aromatic heterocycles. The van der Waals surface area contributed by atoms with E-state index >= 15 is 0 Å². The molecule has 4 aliphatic rings. The van der Waals surface area contributed by atoms with E-state index in [-0.39, 0.29) is 34.4 Å². The van der Waals surface area contributed by atoms with Crippen molar-refractivity contribution in [3.05, 3.63) is 23.8 Å². The number of hydrogen-bond donors (Lipinski definition) is 1. The van der Waals surface area contributed by atoms with Gasteiger partial charge in [-0.25, -0.2) is 4.79 Å². The number of hydrogen-bond acceptors (Lipinski definition) is 4. The van der Waals surface area contributed by atoms with Crippen LogP contribution in [0.5, 0.6) is 0 Å². The Morgan fingerprint density at radius 2 is 1.90 bits per heavy atom. The van der Waals surface area contributed by atoms with Crippen LogP contribution in [-0.4, -0.2) is 29.8 Å². The van der Waals surface area contributed by atoms with Crippen LogP contribution in [0.2, 0.25) is 0 Å². The first-order chi connectivity index (χ1) is 14.2. The molecule has 0 aromatic carbocycles. The maximum Gasteiger partial charge on any atom is 0.407 e. The highest BCUT2D eigenvalue weighted by molar-refractivity contribution is 6.10. The van der Waals surface area contributed by atoms with Crippen LogP contribution in [0, 0.1) is 28.6 Å². The van der Waals surface area contributed by atoms with Gasteiger partial charge in [0.25, 0.3) is 0 Å². The molecule has 0 aromatic rings. The normalized spacial score (nSPS) is 42.1. The molecule has 0 radical (unpaired) electrons. The van der Waals surface area contributed by atoms with Gasteiger partial charge in [-0.3, -0.25) is 9.59 Å². The summed E-state index contributed by atoms with van der Waals surface area (Å²) >= 11 is 0. The molecule has 3 saturated carbocycles. The molecule has 0 aliphatic heterocycles. The minimum absolute atomic E-state index is 0.0766. The molecular formula is C25H35NO4. The zero-order valence-corrected chi connectivity index (χ0v) is 18.8. The second kappa shape index (κ2) is 7.35. The smallest absolute Gasteiger partial charge is 0.407 e. The van der Waals surface area contributed by atoms with Crippen molar-refractivity contribution < 1.29 is 19.1 Å². The predicted octanol–water partition coefficient (Wildman–Crippen LogP) is 4.76. The monoisotopic (exact) mass is 413 g/mol.